The minimum Gasteiger partial charge on any atom is -0.491 e. The second-order valence-electron chi connectivity index (χ2n) is 4.84. The molecule has 1 atom stereocenters. The molecule has 0 saturated carbocycles. The van der Waals surface area contributed by atoms with Gasteiger partial charge in [-0.3, -0.25) is 0 Å². The van der Waals surface area contributed by atoms with Gasteiger partial charge in [0.2, 0.25) is 0 Å². The molecule has 18 heavy (non-hydrogen) atoms. The van der Waals surface area contributed by atoms with Crippen LogP contribution in [0.25, 0.3) is 0 Å². The van der Waals surface area contributed by atoms with Crippen molar-refractivity contribution in [2.45, 2.75) is 32.9 Å². The topological polar surface area (TPSA) is 47.7 Å². The van der Waals surface area contributed by atoms with E-state index in [0.29, 0.717) is 12.3 Å². The van der Waals surface area contributed by atoms with Crippen molar-refractivity contribution in [2.24, 2.45) is 0 Å². The van der Waals surface area contributed by atoms with E-state index in [0.717, 1.165) is 11.4 Å². The van der Waals surface area contributed by atoms with Gasteiger partial charge in [-0.15, -0.1) is 0 Å². The second kappa shape index (κ2) is 6.50. The molecule has 102 valence electrons. The molecule has 0 bridgehead atoms. The highest BCUT2D eigenvalue weighted by Gasteiger charge is 2.12. The number of likely N-dealkylation sites (N-methyl/N-ethyl adjacent to an activating group) is 1. The lowest BCUT2D eigenvalue weighted by molar-refractivity contribution is 0.183. The second-order valence-corrected chi connectivity index (χ2v) is 4.84. The standard InChI is InChI=1S/C14H24N2O2/c1-10(2)18-14-7-12(15)6-13(8-14)16(4)11(3)9-17-5/h6-8,10-11H,9,15H2,1-5H3. The van der Waals surface area contributed by atoms with Crippen molar-refractivity contribution >= 4 is 11.4 Å². The maximum Gasteiger partial charge on any atom is 0.123 e. The molecule has 0 radical (unpaired) electrons. The lowest BCUT2D eigenvalue weighted by Gasteiger charge is -2.27. The number of ether oxygens (including phenoxy) is 2. The first-order valence-corrected chi connectivity index (χ1v) is 6.23. The van der Waals surface area contributed by atoms with E-state index in [1.54, 1.807) is 7.11 Å². The van der Waals surface area contributed by atoms with Crippen LogP contribution in [0.15, 0.2) is 18.2 Å². The van der Waals surface area contributed by atoms with Gasteiger partial charge >= 0.3 is 0 Å². The summed E-state index contributed by atoms with van der Waals surface area (Å²) in [5.74, 6) is 0.802. The molecule has 0 aliphatic carbocycles. The highest BCUT2D eigenvalue weighted by atomic mass is 16.5. The van der Waals surface area contributed by atoms with Gasteiger partial charge in [-0.2, -0.15) is 0 Å². The van der Waals surface area contributed by atoms with E-state index in [2.05, 4.69) is 11.8 Å². The zero-order chi connectivity index (χ0) is 13.7. The molecule has 0 fully saturated rings. The van der Waals surface area contributed by atoms with Gasteiger partial charge in [-0.05, 0) is 26.8 Å². The first-order valence-electron chi connectivity index (χ1n) is 6.23. The van der Waals surface area contributed by atoms with Gasteiger partial charge in [0.25, 0.3) is 0 Å². The Labute approximate surface area is 110 Å². The van der Waals surface area contributed by atoms with Crippen molar-refractivity contribution < 1.29 is 9.47 Å². The summed E-state index contributed by atoms with van der Waals surface area (Å²) in [7, 11) is 3.73. The molecule has 1 unspecified atom stereocenters. The van der Waals surface area contributed by atoms with E-state index >= 15 is 0 Å². The minimum absolute atomic E-state index is 0.140. The van der Waals surface area contributed by atoms with Crippen LogP contribution >= 0.6 is 0 Å². The number of hydrogen-bond donors (Lipinski definition) is 1. The molecule has 0 aliphatic heterocycles. The van der Waals surface area contributed by atoms with Crippen LogP contribution in [-0.4, -0.2) is 32.9 Å². The van der Waals surface area contributed by atoms with Crippen LogP contribution in [0.4, 0.5) is 11.4 Å². The summed E-state index contributed by atoms with van der Waals surface area (Å²) < 4.78 is 10.9. The molecule has 0 heterocycles. The molecule has 4 nitrogen and oxygen atoms in total. The third-order valence-electron chi connectivity index (χ3n) is 2.76. The largest absolute Gasteiger partial charge is 0.491 e. The molecular weight excluding hydrogens is 228 g/mol. The van der Waals surface area contributed by atoms with E-state index in [4.69, 9.17) is 15.2 Å². The smallest absolute Gasteiger partial charge is 0.123 e. The summed E-state index contributed by atoms with van der Waals surface area (Å²) in [6, 6.07) is 6.07. The minimum atomic E-state index is 0.140. The van der Waals surface area contributed by atoms with E-state index in [-0.39, 0.29) is 12.1 Å². The fraction of sp³-hybridized carbons (Fsp3) is 0.571. The zero-order valence-corrected chi connectivity index (χ0v) is 11.9. The molecule has 0 aromatic heterocycles. The predicted octanol–water partition coefficient (Wildman–Crippen LogP) is 2.53. The van der Waals surface area contributed by atoms with E-state index in [1.165, 1.54) is 0 Å². The summed E-state index contributed by atoms with van der Waals surface area (Å²) in [6.07, 6.45) is 0.140. The van der Waals surface area contributed by atoms with Gasteiger partial charge in [0.15, 0.2) is 0 Å². The Balaban J connectivity index is 2.91. The summed E-state index contributed by atoms with van der Waals surface area (Å²) in [5, 5.41) is 0. The summed E-state index contributed by atoms with van der Waals surface area (Å²) in [6.45, 7) is 6.78. The molecular formula is C14H24N2O2. The van der Waals surface area contributed by atoms with Gasteiger partial charge in [-0.25, -0.2) is 0 Å². The maximum atomic E-state index is 5.91. The molecule has 1 aromatic rings. The Morgan fingerprint density at radius 3 is 2.44 bits per heavy atom. The number of nitrogen functional groups attached to an aromatic ring is 1. The van der Waals surface area contributed by atoms with Crippen LogP contribution in [0.2, 0.25) is 0 Å². The Bertz CT molecular complexity index is 380. The fourth-order valence-electron chi connectivity index (χ4n) is 1.76. The van der Waals surface area contributed by atoms with Gasteiger partial charge in [0.1, 0.15) is 5.75 Å². The van der Waals surface area contributed by atoms with Crippen molar-refractivity contribution in [3.63, 3.8) is 0 Å². The first-order chi connectivity index (χ1) is 8.43. The third kappa shape index (κ3) is 4.11. The molecule has 2 N–H and O–H groups in total. The molecule has 0 aliphatic rings. The quantitative estimate of drug-likeness (QED) is 0.790. The van der Waals surface area contributed by atoms with Gasteiger partial charge < -0.3 is 20.1 Å². The molecule has 0 amide bonds. The van der Waals surface area contributed by atoms with Crippen LogP contribution in [0, 0.1) is 0 Å². The van der Waals surface area contributed by atoms with Gasteiger partial charge in [0.05, 0.1) is 12.7 Å². The first kappa shape index (κ1) is 14.6. The molecule has 4 heteroatoms. The van der Waals surface area contributed by atoms with Crippen LogP contribution in [0.1, 0.15) is 20.8 Å². The van der Waals surface area contributed by atoms with Crippen LogP contribution in [0.5, 0.6) is 5.75 Å². The number of hydrogen-bond acceptors (Lipinski definition) is 4. The normalized spacial score (nSPS) is 12.6. The number of nitrogens with zero attached hydrogens (tertiary/aromatic N) is 1. The Morgan fingerprint density at radius 2 is 1.89 bits per heavy atom. The highest BCUT2D eigenvalue weighted by molar-refractivity contribution is 5.60. The Hall–Kier alpha value is -1.42. The van der Waals surface area contributed by atoms with Crippen molar-refractivity contribution in [3.05, 3.63) is 18.2 Å². The van der Waals surface area contributed by atoms with E-state index in [1.807, 2.05) is 39.1 Å². The average Bonchev–Trinajstić information content (AvgIpc) is 2.26. The van der Waals surface area contributed by atoms with Crippen molar-refractivity contribution in [1.82, 2.24) is 0 Å². The van der Waals surface area contributed by atoms with Crippen LogP contribution in [0.3, 0.4) is 0 Å². The van der Waals surface area contributed by atoms with Crippen molar-refractivity contribution in [2.75, 3.05) is 31.4 Å². The number of methoxy groups -OCH3 is 1. The van der Waals surface area contributed by atoms with Crippen molar-refractivity contribution in [3.8, 4) is 5.75 Å². The number of nitrogens with two attached hydrogens (primary N) is 1. The van der Waals surface area contributed by atoms with Crippen LogP contribution in [-0.2, 0) is 4.74 Å². The maximum absolute atomic E-state index is 5.91. The molecule has 1 rings (SSSR count). The molecule has 1 aromatic carbocycles. The molecule has 0 saturated heterocycles. The summed E-state index contributed by atoms with van der Waals surface area (Å²) in [5.41, 5.74) is 7.65. The lowest BCUT2D eigenvalue weighted by atomic mass is 10.2. The fourth-order valence-corrected chi connectivity index (χ4v) is 1.76. The highest BCUT2D eigenvalue weighted by Crippen LogP contribution is 2.26. The Kier molecular flexibility index (Phi) is 5.28. The van der Waals surface area contributed by atoms with Crippen LogP contribution < -0.4 is 15.4 Å². The number of benzene rings is 1. The van der Waals surface area contributed by atoms with Gasteiger partial charge in [0, 0.05) is 43.7 Å². The lowest BCUT2D eigenvalue weighted by Crippen LogP contribution is -2.32. The molecule has 0 spiro atoms. The Morgan fingerprint density at radius 1 is 1.22 bits per heavy atom. The summed E-state index contributed by atoms with van der Waals surface area (Å²) >= 11 is 0. The van der Waals surface area contributed by atoms with E-state index < -0.39 is 0 Å². The monoisotopic (exact) mass is 252 g/mol. The van der Waals surface area contributed by atoms with E-state index in [9.17, 15) is 0 Å². The third-order valence-corrected chi connectivity index (χ3v) is 2.76. The predicted molar refractivity (Wildman–Crippen MR) is 76.4 cm³/mol. The van der Waals surface area contributed by atoms with Gasteiger partial charge in [-0.1, -0.05) is 0 Å². The SMILES string of the molecule is COCC(C)N(C)c1cc(N)cc(OC(C)C)c1. The number of rotatable bonds is 6. The average molecular weight is 252 g/mol. The van der Waals surface area contributed by atoms with Crippen molar-refractivity contribution in [1.29, 1.82) is 0 Å². The number of anilines is 2. The zero-order valence-electron chi connectivity index (χ0n) is 11.9. The summed E-state index contributed by atoms with van der Waals surface area (Å²) in [4.78, 5) is 2.13.